The monoisotopic (exact) mass is 502 g/mol. The summed E-state index contributed by atoms with van der Waals surface area (Å²) in [4.78, 5) is 25.0. The van der Waals surface area contributed by atoms with Crippen molar-refractivity contribution in [2.75, 3.05) is 31.6 Å². The lowest BCUT2D eigenvalue weighted by Crippen LogP contribution is -2.44. The first-order chi connectivity index (χ1) is 17.9. The maximum Gasteiger partial charge on any atom is 0.259 e. The lowest BCUT2D eigenvalue weighted by molar-refractivity contribution is 0.00720. The number of aryl methyl sites for hydroxylation is 1. The number of hydrogen-bond acceptors (Lipinski definition) is 6. The number of carbonyl (C=O) groups excluding carboxylic acids is 1. The van der Waals surface area contributed by atoms with Crippen LogP contribution in [0.1, 0.15) is 84.2 Å². The third kappa shape index (κ3) is 5.60. The van der Waals surface area contributed by atoms with E-state index in [2.05, 4.69) is 47.1 Å². The summed E-state index contributed by atoms with van der Waals surface area (Å²) in [5.41, 5.74) is 5.45. The van der Waals surface area contributed by atoms with Crippen molar-refractivity contribution in [2.24, 2.45) is 0 Å². The van der Waals surface area contributed by atoms with E-state index in [9.17, 15) is 4.79 Å². The van der Waals surface area contributed by atoms with Crippen LogP contribution in [0.15, 0.2) is 36.8 Å². The van der Waals surface area contributed by atoms with Crippen LogP contribution < -0.4 is 5.32 Å². The summed E-state index contributed by atoms with van der Waals surface area (Å²) in [6.07, 6.45) is 10.00. The van der Waals surface area contributed by atoms with Gasteiger partial charge in [0, 0.05) is 36.9 Å². The summed E-state index contributed by atoms with van der Waals surface area (Å²) in [6, 6.07) is 6.71. The predicted molar refractivity (Wildman–Crippen MR) is 145 cm³/mol. The zero-order valence-corrected chi connectivity index (χ0v) is 22.4. The molecule has 0 unspecified atom stereocenters. The maximum absolute atomic E-state index is 13.1. The van der Waals surface area contributed by atoms with E-state index in [4.69, 9.17) is 9.72 Å². The summed E-state index contributed by atoms with van der Waals surface area (Å²) in [5, 5.41) is 7.44. The number of anilines is 1. The molecule has 196 valence electrons. The SMILES string of the molecule is Cc1cc(NC(=O)c2cnn(-c3ccc(C(C)C)cn3)c2C)cnc1C1CCC(N2CCOCC2)CC1. The number of amides is 1. The molecule has 0 bridgehead atoms. The van der Waals surface area contributed by atoms with Crippen LogP contribution in [-0.2, 0) is 4.74 Å². The van der Waals surface area contributed by atoms with Crippen LogP contribution in [0.5, 0.6) is 0 Å². The van der Waals surface area contributed by atoms with Crippen molar-refractivity contribution in [2.45, 2.75) is 71.3 Å². The Labute approximate surface area is 219 Å². The van der Waals surface area contributed by atoms with Gasteiger partial charge < -0.3 is 10.1 Å². The van der Waals surface area contributed by atoms with Crippen LogP contribution in [0, 0.1) is 13.8 Å². The third-order valence-electron chi connectivity index (χ3n) is 7.93. The van der Waals surface area contributed by atoms with Crippen molar-refractivity contribution in [1.82, 2.24) is 24.6 Å². The van der Waals surface area contributed by atoms with Gasteiger partial charge in [0.25, 0.3) is 5.91 Å². The lowest BCUT2D eigenvalue weighted by atomic mass is 9.82. The number of rotatable bonds is 6. The van der Waals surface area contributed by atoms with Crippen LogP contribution in [0.2, 0.25) is 0 Å². The Balaban J connectivity index is 1.22. The summed E-state index contributed by atoms with van der Waals surface area (Å²) >= 11 is 0. The van der Waals surface area contributed by atoms with Gasteiger partial charge in [0.2, 0.25) is 0 Å². The van der Waals surface area contributed by atoms with Gasteiger partial charge in [-0.15, -0.1) is 0 Å². The van der Waals surface area contributed by atoms with E-state index in [0.29, 0.717) is 34.9 Å². The Morgan fingerprint density at radius 3 is 2.43 bits per heavy atom. The van der Waals surface area contributed by atoms with Crippen molar-refractivity contribution >= 4 is 11.6 Å². The zero-order valence-electron chi connectivity index (χ0n) is 22.4. The minimum absolute atomic E-state index is 0.192. The van der Waals surface area contributed by atoms with E-state index < -0.39 is 0 Å². The molecular weight excluding hydrogens is 464 g/mol. The molecule has 4 heterocycles. The fraction of sp³-hybridized carbons (Fsp3) is 0.517. The van der Waals surface area contributed by atoms with Gasteiger partial charge in [-0.05, 0) is 68.7 Å². The average molecular weight is 503 g/mol. The highest BCUT2D eigenvalue weighted by atomic mass is 16.5. The molecule has 2 fully saturated rings. The molecule has 1 saturated carbocycles. The van der Waals surface area contributed by atoms with Gasteiger partial charge in [-0.1, -0.05) is 19.9 Å². The molecule has 1 saturated heterocycles. The molecule has 8 heteroatoms. The Kier molecular flexibility index (Phi) is 7.67. The smallest absolute Gasteiger partial charge is 0.259 e. The number of carbonyl (C=O) groups is 1. The highest BCUT2D eigenvalue weighted by Gasteiger charge is 2.29. The summed E-state index contributed by atoms with van der Waals surface area (Å²) in [5.74, 6) is 1.40. The van der Waals surface area contributed by atoms with Gasteiger partial charge in [0.05, 0.1) is 42.6 Å². The number of morpholine rings is 1. The maximum atomic E-state index is 13.1. The fourth-order valence-corrected chi connectivity index (χ4v) is 5.66. The largest absolute Gasteiger partial charge is 0.379 e. The normalized spacial score (nSPS) is 20.8. The van der Waals surface area contributed by atoms with Crippen molar-refractivity contribution in [3.05, 3.63) is 64.9 Å². The molecule has 3 aromatic rings. The molecule has 1 amide bonds. The van der Waals surface area contributed by atoms with Crippen LogP contribution in [-0.4, -0.2) is 62.9 Å². The fourth-order valence-electron chi connectivity index (χ4n) is 5.66. The van der Waals surface area contributed by atoms with E-state index in [0.717, 1.165) is 50.4 Å². The quantitative estimate of drug-likeness (QED) is 0.510. The Hall–Kier alpha value is -3.10. The van der Waals surface area contributed by atoms with Gasteiger partial charge in [-0.3, -0.25) is 14.7 Å². The molecule has 1 aliphatic carbocycles. The molecule has 1 aliphatic heterocycles. The predicted octanol–water partition coefficient (Wildman–Crippen LogP) is 5.01. The minimum atomic E-state index is -0.192. The van der Waals surface area contributed by atoms with Gasteiger partial charge in [-0.2, -0.15) is 5.10 Å². The molecule has 37 heavy (non-hydrogen) atoms. The summed E-state index contributed by atoms with van der Waals surface area (Å²) in [6.45, 7) is 12.1. The molecule has 2 aliphatic rings. The van der Waals surface area contributed by atoms with E-state index in [-0.39, 0.29) is 5.91 Å². The second-order valence-electron chi connectivity index (χ2n) is 10.7. The standard InChI is InChI=1S/C29H38N6O2/c1-19(2)23-7-10-27(30-16-23)35-21(4)26(18-32-35)29(36)33-24-15-20(3)28(31-17-24)22-5-8-25(9-6-22)34-11-13-37-14-12-34/h7,10,15-19,22,25H,5-6,8-9,11-14H2,1-4H3,(H,33,36). The van der Waals surface area contributed by atoms with E-state index in [1.165, 1.54) is 24.1 Å². The topological polar surface area (TPSA) is 85.2 Å². The Morgan fingerprint density at radius 2 is 1.78 bits per heavy atom. The molecule has 0 aromatic carbocycles. The lowest BCUT2D eigenvalue weighted by Gasteiger charge is -2.38. The molecule has 3 aromatic heterocycles. The third-order valence-corrected chi connectivity index (χ3v) is 7.93. The first-order valence-corrected chi connectivity index (χ1v) is 13.5. The molecule has 0 spiro atoms. The number of pyridine rings is 2. The number of nitrogens with one attached hydrogen (secondary N) is 1. The van der Waals surface area contributed by atoms with Crippen molar-refractivity contribution in [3.8, 4) is 5.82 Å². The van der Waals surface area contributed by atoms with Gasteiger partial charge in [0.15, 0.2) is 5.82 Å². The first-order valence-electron chi connectivity index (χ1n) is 13.5. The minimum Gasteiger partial charge on any atom is -0.379 e. The summed E-state index contributed by atoms with van der Waals surface area (Å²) in [7, 11) is 0. The molecule has 1 N–H and O–H groups in total. The number of aromatic nitrogens is 4. The first kappa shape index (κ1) is 25.5. The van der Waals surface area contributed by atoms with Crippen LogP contribution in [0.4, 0.5) is 5.69 Å². The molecule has 0 radical (unpaired) electrons. The van der Waals surface area contributed by atoms with E-state index in [1.807, 2.05) is 25.3 Å². The average Bonchev–Trinajstić information content (AvgIpc) is 3.31. The highest BCUT2D eigenvalue weighted by Crippen LogP contribution is 2.36. The van der Waals surface area contributed by atoms with E-state index in [1.54, 1.807) is 17.1 Å². The van der Waals surface area contributed by atoms with Crippen molar-refractivity contribution < 1.29 is 9.53 Å². The molecular formula is C29H38N6O2. The number of ether oxygens (including phenoxy) is 1. The second kappa shape index (κ2) is 11.1. The van der Waals surface area contributed by atoms with E-state index >= 15 is 0 Å². The van der Waals surface area contributed by atoms with Crippen LogP contribution in [0.3, 0.4) is 0 Å². The van der Waals surface area contributed by atoms with Crippen molar-refractivity contribution in [3.63, 3.8) is 0 Å². The van der Waals surface area contributed by atoms with Crippen LogP contribution in [0.25, 0.3) is 5.82 Å². The van der Waals surface area contributed by atoms with Gasteiger partial charge in [-0.25, -0.2) is 9.67 Å². The van der Waals surface area contributed by atoms with Gasteiger partial charge >= 0.3 is 0 Å². The number of nitrogens with zero attached hydrogens (tertiary/aromatic N) is 5. The molecule has 0 atom stereocenters. The molecule has 5 rings (SSSR count). The highest BCUT2D eigenvalue weighted by molar-refractivity contribution is 6.04. The Morgan fingerprint density at radius 1 is 1.03 bits per heavy atom. The summed E-state index contributed by atoms with van der Waals surface area (Å²) < 4.78 is 7.22. The number of hydrogen-bond donors (Lipinski definition) is 1. The second-order valence-corrected chi connectivity index (χ2v) is 10.7. The zero-order chi connectivity index (χ0) is 25.9. The molecule has 8 nitrogen and oxygen atoms in total. The van der Waals surface area contributed by atoms with Gasteiger partial charge in [0.1, 0.15) is 0 Å². The van der Waals surface area contributed by atoms with Crippen LogP contribution >= 0.6 is 0 Å². The van der Waals surface area contributed by atoms with Crippen molar-refractivity contribution in [1.29, 1.82) is 0 Å². The Bertz CT molecular complexity index is 1220.